The topological polar surface area (TPSA) is 80.5 Å². The molecule has 2 heterocycles. The van der Waals surface area contributed by atoms with Crippen LogP contribution in [0.5, 0.6) is 0 Å². The van der Waals surface area contributed by atoms with E-state index in [1.807, 2.05) is 24.3 Å². The van der Waals surface area contributed by atoms with Crippen LogP contribution in [0.25, 0.3) is 11.0 Å². The highest BCUT2D eigenvalue weighted by Crippen LogP contribution is 2.22. The molecule has 1 aliphatic rings. The molecule has 1 aromatic carbocycles. The van der Waals surface area contributed by atoms with Gasteiger partial charge in [-0.15, -0.1) is 0 Å². The monoisotopic (exact) mass is 350 g/mol. The number of carbonyl (C=O) groups is 1. The Balaban J connectivity index is 1.78. The molecule has 1 atom stereocenters. The third-order valence-corrected chi connectivity index (χ3v) is 6.24. The molecule has 1 unspecified atom stereocenters. The van der Waals surface area contributed by atoms with Gasteiger partial charge in [-0.2, -0.15) is 0 Å². The normalized spacial score (nSPS) is 19.6. The molecule has 0 N–H and O–H groups in total. The van der Waals surface area contributed by atoms with Gasteiger partial charge < -0.3 is 9.42 Å². The summed E-state index contributed by atoms with van der Waals surface area (Å²) in [6.45, 7) is 2.64. The maximum Gasteiger partial charge on any atom is 0.229 e. The van der Waals surface area contributed by atoms with E-state index in [0.717, 1.165) is 18.2 Å². The molecule has 0 saturated carbocycles. The Kier molecular flexibility index (Phi) is 4.89. The van der Waals surface area contributed by atoms with E-state index in [4.69, 9.17) is 4.52 Å². The SMILES string of the molecule is CCCCN(C(=O)Cc1noc2ccccc12)C1CCS(=O)(=O)C1. The number of benzene rings is 1. The van der Waals surface area contributed by atoms with Gasteiger partial charge in [0.25, 0.3) is 0 Å². The van der Waals surface area contributed by atoms with Crippen LogP contribution in [0.4, 0.5) is 0 Å². The fourth-order valence-corrected chi connectivity index (χ4v) is 4.90. The number of rotatable bonds is 6. The van der Waals surface area contributed by atoms with Gasteiger partial charge in [0.05, 0.1) is 17.9 Å². The first-order chi connectivity index (χ1) is 11.5. The quantitative estimate of drug-likeness (QED) is 0.798. The van der Waals surface area contributed by atoms with Gasteiger partial charge in [0.1, 0.15) is 5.69 Å². The fourth-order valence-electron chi connectivity index (χ4n) is 3.17. The van der Waals surface area contributed by atoms with Crippen molar-refractivity contribution in [1.82, 2.24) is 10.1 Å². The minimum Gasteiger partial charge on any atom is -0.356 e. The molecule has 3 rings (SSSR count). The second-order valence-electron chi connectivity index (χ2n) is 6.30. The Hall–Kier alpha value is -1.89. The summed E-state index contributed by atoms with van der Waals surface area (Å²) in [7, 11) is -3.02. The van der Waals surface area contributed by atoms with Gasteiger partial charge in [-0.3, -0.25) is 4.79 Å². The standard InChI is InChI=1S/C17H22N2O4S/c1-2-3-9-19(13-8-10-24(21,22)12-13)17(20)11-15-14-6-4-5-7-16(14)23-18-15/h4-7,13H,2-3,8-12H2,1H3. The number of nitrogens with zero attached hydrogens (tertiary/aromatic N) is 2. The number of carbonyl (C=O) groups excluding carboxylic acids is 1. The second kappa shape index (κ2) is 6.93. The zero-order chi connectivity index (χ0) is 17.2. The first-order valence-corrected chi connectivity index (χ1v) is 10.2. The number of hydrogen-bond donors (Lipinski definition) is 0. The highest BCUT2D eigenvalue weighted by molar-refractivity contribution is 7.91. The maximum absolute atomic E-state index is 12.8. The predicted octanol–water partition coefficient (Wildman–Crippen LogP) is 2.19. The van der Waals surface area contributed by atoms with Crippen LogP contribution in [0.3, 0.4) is 0 Å². The van der Waals surface area contributed by atoms with E-state index in [0.29, 0.717) is 24.2 Å². The molecule has 1 aromatic heterocycles. The third kappa shape index (κ3) is 3.61. The van der Waals surface area contributed by atoms with Gasteiger partial charge in [-0.25, -0.2) is 8.42 Å². The first kappa shape index (κ1) is 17.0. The Bertz CT molecular complexity index is 828. The van der Waals surface area contributed by atoms with E-state index >= 15 is 0 Å². The lowest BCUT2D eigenvalue weighted by Crippen LogP contribution is -2.42. The molecule has 0 bridgehead atoms. The largest absolute Gasteiger partial charge is 0.356 e. The summed E-state index contributed by atoms with van der Waals surface area (Å²) < 4.78 is 28.8. The van der Waals surface area contributed by atoms with Gasteiger partial charge in [0.2, 0.25) is 5.91 Å². The van der Waals surface area contributed by atoms with Crippen LogP contribution in [0.15, 0.2) is 28.8 Å². The minimum atomic E-state index is -3.02. The molecule has 2 aromatic rings. The number of para-hydroxylation sites is 1. The van der Waals surface area contributed by atoms with Crippen LogP contribution in [-0.2, 0) is 21.1 Å². The predicted molar refractivity (Wildman–Crippen MR) is 91.4 cm³/mol. The summed E-state index contributed by atoms with van der Waals surface area (Å²) in [5, 5.41) is 4.85. The second-order valence-corrected chi connectivity index (χ2v) is 8.53. The van der Waals surface area contributed by atoms with Gasteiger partial charge in [-0.05, 0) is 25.0 Å². The Morgan fingerprint density at radius 1 is 1.38 bits per heavy atom. The lowest BCUT2D eigenvalue weighted by Gasteiger charge is -2.28. The maximum atomic E-state index is 12.8. The van der Waals surface area contributed by atoms with Crippen LogP contribution in [-0.4, -0.2) is 48.5 Å². The summed E-state index contributed by atoms with van der Waals surface area (Å²) in [4.78, 5) is 14.5. The number of unbranched alkanes of at least 4 members (excludes halogenated alkanes) is 1. The molecule has 0 radical (unpaired) electrons. The van der Waals surface area contributed by atoms with E-state index < -0.39 is 9.84 Å². The molecule has 1 fully saturated rings. The number of aromatic nitrogens is 1. The van der Waals surface area contributed by atoms with Gasteiger partial charge in [0.15, 0.2) is 15.4 Å². The van der Waals surface area contributed by atoms with Crippen molar-refractivity contribution >= 4 is 26.7 Å². The molecule has 130 valence electrons. The van der Waals surface area contributed by atoms with Crippen molar-refractivity contribution in [3.8, 4) is 0 Å². The molecular weight excluding hydrogens is 328 g/mol. The molecule has 24 heavy (non-hydrogen) atoms. The first-order valence-electron chi connectivity index (χ1n) is 8.33. The summed E-state index contributed by atoms with van der Waals surface area (Å²) in [6.07, 6.45) is 2.48. The Labute approximate surface area is 141 Å². The average molecular weight is 350 g/mol. The van der Waals surface area contributed by atoms with Gasteiger partial charge >= 0.3 is 0 Å². The van der Waals surface area contributed by atoms with E-state index in [2.05, 4.69) is 12.1 Å². The van der Waals surface area contributed by atoms with Crippen molar-refractivity contribution < 1.29 is 17.7 Å². The van der Waals surface area contributed by atoms with Crippen LogP contribution < -0.4 is 0 Å². The average Bonchev–Trinajstić information content (AvgIpc) is 3.12. The Morgan fingerprint density at radius 2 is 2.17 bits per heavy atom. The van der Waals surface area contributed by atoms with Crippen molar-refractivity contribution in [3.05, 3.63) is 30.0 Å². The van der Waals surface area contributed by atoms with E-state index in [9.17, 15) is 13.2 Å². The third-order valence-electron chi connectivity index (χ3n) is 4.49. The molecule has 7 heteroatoms. The highest BCUT2D eigenvalue weighted by atomic mass is 32.2. The molecule has 1 aliphatic heterocycles. The number of amides is 1. The van der Waals surface area contributed by atoms with Crippen molar-refractivity contribution in [2.75, 3.05) is 18.1 Å². The van der Waals surface area contributed by atoms with Crippen molar-refractivity contribution in [2.24, 2.45) is 0 Å². The molecule has 1 saturated heterocycles. The Morgan fingerprint density at radius 3 is 2.88 bits per heavy atom. The summed E-state index contributed by atoms with van der Waals surface area (Å²) in [6, 6.07) is 7.22. The van der Waals surface area contributed by atoms with Gasteiger partial charge in [0, 0.05) is 18.0 Å². The number of hydrogen-bond acceptors (Lipinski definition) is 5. The van der Waals surface area contributed by atoms with Crippen molar-refractivity contribution in [2.45, 2.75) is 38.6 Å². The van der Waals surface area contributed by atoms with Crippen molar-refractivity contribution in [3.63, 3.8) is 0 Å². The molecular formula is C17H22N2O4S. The lowest BCUT2D eigenvalue weighted by molar-refractivity contribution is -0.132. The minimum absolute atomic E-state index is 0.0714. The van der Waals surface area contributed by atoms with Crippen LogP contribution >= 0.6 is 0 Å². The van der Waals surface area contributed by atoms with Crippen LogP contribution in [0.2, 0.25) is 0 Å². The van der Waals surface area contributed by atoms with Gasteiger partial charge in [-0.1, -0.05) is 30.6 Å². The highest BCUT2D eigenvalue weighted by Gasteiger charge is 2.34. The smallest absolute Gasteiger partial charge is 0.229 e. The fraction of sp³-hybridized carbons (Fsp3) is 0.529. The van der Waals surface area contributed by atoms with Crippen LogP contribution in [0, 0.1) is 0 Å². The van der Waals surface area contributed by atoms with E-state index in [-0.39, 0.29) is 29.9 Å². The summed E-state index contributed by atoms with van der Waals surface area (Å²) in [5.74, 6) is 0.160. The molecule has 1 amide bonds. The van der Waals surface area contributed by atoms with E-state index in [1.165, 1.54) is 0 Å². The zero-order valence-corrected chi connectivity index (χ0v) is 14.6. The summed E-state index contributed by atoms with van der Waals surface area (Å²) >= 11 is 0. The molecule has 0 spiro atoms. The van der Waals surface area contributed by atoms with E-state index in [1.54, 1.807) is 4.90 Å². The number of fused-ring (bicyclic) bond motifs is 1. The van der Waals surface area contributed by atoms with Crippen LogP contribution in [0.1, 0.15) is 31.9 Å². The zero-order valence-electron chi connectivity index (χ0n) is 13.8. The molecule has 0 aliphatic carbocycles. The number of sulfone groups is 1. The lowest BCUT2D eigenvalue weighted by atomic mass is 10.1. The molecule has 6 nitrogen and oxygen atoms in total. The summed E-state index contributed by atoms with van der Waals surface area (Å²) in [5.41, 5.74) is 1.27. The van der Waals surface area contributed by atoms with Crippen molar-refractivity contribution in [1.29, 1.82) is 0 Å².